The number of carbonyl (C=O) groups is 3. The molecule has 200 valence electrons. The fourth-order valence-electron chi connectivity index (χ4n) is 4.61. The molecule has 0 atom stereocenters. The number of amides is 4. The summed E-state index contributed by atoms with van der Waals surface area (Å²) in [5.74, 6) is -1.42. The van der Waals surface area contributed by atoms with Gasteiger partial charge in [-0.25, -0.2) is 9.69 Å². The van der Waals surface area contributed by atoms with Crippen LogP contribution in [0.1, 0.15) is 22.5 Å². The number of nitrogens with zero attached hydrogens (tertiary/aromatic N) is 3. The molecular formula is C30H24N4O5S. The molecule has 1 N–H and O–H groups in total. The van der Waals surface area contributed by atoms with Crippen LogP contribution in [0.4, 0.5) is 16.2 Å². The third-order valence-corrected chi connectivity index (χ3v) is 7.62. The summed E-state index contributed by atoms with van der Waals surface area (Å²) in [4.78, 5) is 51.9. The van der Waals surface area contributed by atoms with Gasteiger partial charge in [-0.1, -0.05) is 30.0 Å². The number of rotatable bonds is 6. The number of benzene rings is 3. The first-order valence-corrected chi connectivity index (χ1v) is 13.1. The van der Waals surface area contributed by atoms with Crippen molar-refractivity contribution in [1.29, 1.82) is 0 Å². The average molecular weight is 553 g/mol. The fourth-order valence-corrected chi connectivity index (χ4v) is 5.43. The van der Waals surface area contributed by atoms with E-state index in [0.29, 0.717) is 11.3 Å². The first-order chi connectivity index (χ1) is 19.1. The SMILES string of the molecule is Cc1ccccc1N1C(=O)NC(=O)/C(=C/c2cc(C)n(-c3ccc(Sc4ccc([N+](=O)[O-])cc4)cc3)c2C)C1=O. The number of carbonyl (C=O) groups excluding carboxylic acids is 3. The molecule has 0 bridgehead atoms. The summed E-state index contributed by atoms with van der Waals surface area (Å²) < 4.78 is 2.02. The molecule has 5 rings (SSSR count). The Morgan fingerprint density at radius 1 is 0.875 bits per heavy atom. The molecular weight excluding hydrogens is 528 g/mol. The van der Waals surface area contributed by atoms with Crippen LogP contribution in [0.15, 0.2) is 94.2 Å². The maximum Gasteiger partial charge on any atom is 0.335 e. The van der Waals surface area contributed by atoms with Gasteiger partial charge in [-0.2, -0.15) is 0 Å². The summed E-state index contributed by atoms with van der Waals surface area (Å²) in [6, 6.07) is 22.3. The zero-order chi connectivity index (χ0) is 28.6. The van der Waals surface area contributed by atoms with Gasteiger partial charge < -0.3 is 4.57 Å². The van der Waals surface area contributed by atoms with E-state index in [1.54, 1.807) is 37.3 Å². The van der Waals surface area contributed by atoms with Crippen LogP contribution in [0.25, 0.3) is 11.8 Å². The highest BCUT2D eigenvalue weighted by Crippen LogP contribution is 2.31. The molecule has 1 fully saturated rings. The number of urea groups is 1. The van der Waals surface area contributed by atoms with Crippen molar-refractivity contribution in [3.63, 3.8) is 0 Å². The monoisotopic (exact) mass is 552 g/mol. The van der Waals surface area contributed by atoms with E-state index in [2.05, 4.69) is 5.32 Å². The second kappa shape index (κ2) is 10.7. The lowest BCUT2D eigenvalue weighted by molar-refractivity contribution is -0.384. The Kier molecular flexibility index (Phi) is 7.10. The van der Waals surface area contributed by atoms with E-state index in [9.17, 15) is 24.5 Å². The molecule has 4 amide bonds. The van der Waals surface area contributed by atoms with Crippen molar-refractivity contribution >= 4 is 47.1 Å². The minimum absolute atomic E-state index is 0.0472. The number of nitro groups is 1. The number of imide groups is 2. The standard InChI is InChI=1S/C30H24N4O5S/c1-18-6-4-5-7-27(18)33-29(36)26(28(35)31-30(33)37)17-21-16-19(2)32(20(21)3)22-8-12-24(13-9-22)40-25-14-10-23(11-15-25)34(38)39/h4-17H,1-3H3,(H,31,35,37)/b26-17-. The molecule has 0 saturated carbocycles. The average Bonchev–Trinajstić information content (AvgIpc) is 3.20. The third-order valence-electron chi connectivity index (χ3n) is 6.61. The minimum atomic E-state index is -0.779. The molecule has 10 heteroatoms. The first kappa shape index (κ1) is 26.6. The van der Waals surface area contributed by atoms with Crippen molar-refractivity contribution in [3.8, 4) is 5.69 Å². The second-order valence-corrected chi connectivity index (χ2v) is 10.4. The first-order valence-electron chi connectivity index (χ1n) is 12.3. The van der Waals surface area contributed by atoms with Gasteiger partial charge in [0.05, 0.1) is 10.6 Å². The van der Waals surface area contributed by atoms with Crippen molar-refractivity contribution < 1.29 is 19.3 Å². The number of nitrogens with one attached hydrogen (secondary N) is 1. The van der Waals surface area contributed by atoms with E-state index in [0.717, 1.165) is 37.3 Å². The molecule has 40 heavy (non-hydrogen) atoms. The number of non-ortho nitro benzene ring substituents is 1. The van der Waals surface area contributed by atoms with Crippen molar-refractivity contribution in [2.75, 3.05) is 4.90 Å². The zero-order valence-corrected chi connectivity index (χ0v) is 22.7. The lowest BCUT2D eigenvalue weighted by Gasteiger charge is -2.27. The van der Waals surface area contributed by atoms with Gasteiger partial charge in [0.1, 0.15) is 5.57 Å². The maximum atomic E-state index is 13.3. The number of aryl methyl sites for hydroxylation is 2. The molecule has 0 radical (unpaired) electrons. The van der Waals surface area contributed by atoms with Gasteiger partial charge in [0.2, 0.25) is 0 Å². The van der Waals surface area contributed by atoms with Crippen molar-refractivity contribution in [2.45, 2.75) is 30.6 Å². The van der Waals surface area contributed by atoms with Gasteiger partial charge in [-0.3, -0.25) is 25.0 Å². The molecule has 2 heterocycles. The van der Waals surface area contributed by atoms with E-state index in [4.69, 9.17) is 0 Å². The molecule has 4 aromatic rings. The summed E-state index contributed by atoms with van der Waals surface area (Å²) in [6.07, 6.45) is 1.52. The molecule has 9 nitrogen and oxygen atoms in total. The number of aromatic nitrogens is 1. The number of para-hydroxylation sites is 1. The number of nitro benzene ring substituents is 1. The topological polar surface area (TPSA) is 115 Å². The third kappa shape index (κ3) is 5.04. The summed E-state index contributed by atoms with van der Waals surface area (Å²) in [7, 11) is 0. The molecule has 3 aromatic carbocycles. The van der Waals surface area contributed by atoms with E-state index < -0.39 is 22.8 Å². The van der Waals surface area contributed by atoms with Crippen LogP contribution in [0, 0.1) is 30.9 Å². The summed E-state index contributed by atoms with van der Waals surface area (Å²) in [6.45, 7) is 5.62. The van der Waals surface area contributed by atoms with Gasteiger partial charge in [0.15, 0.2) is 0 Å². The Bertz CT molecular complexity index is 1710. The van der Waals surface area contributed by atoms with Crippen LogP contribution in [0.2, 0.25) is 0 Å². The summed E-state index contributed by atoms with van der Waals surface area (Å²) in [5, 5.41) is 13.2. The molecule has 1 aliphatic heterocycles. The van der Waals surface area contributed by atoms with E-state index in [-0.39, 0.29) is 11.3 Å². The normalized spacial score (nSPS) is 14.5. The number of barbiturate groups is 1. The Labute approximate surface area is 234 Å². The summed E-state index contributed by atoms with van der Waals surface area (Å²) >= 11 is 1.49. The molecule has 0 unspecified atom stereocenters. The van der Waals surface area contributed by atoms with Crippen LogP contribution < -0.4 is 10.2 Å². The lowest BCUT2D eigenvalue weighted by atomic mass is 10.1. The van der Waals surface area contributed by atoms with Gasteiger partial charge in [-0.15, -0.1) is 0 Å². The Morgan fingerprint density at radius 3 is 2.12 bits per heavy atom. The highest BCUT2D eigenvalue weighted by molar-refractivity contribution is 7.99. The highest BCUT2D eigenvalue weighted by Gasteiger charge is 2.37. The minimum Gasteiger partial charge on any atom is -0.318 e. The highest BCUT2D eigenvalue weighted by atomic mass is 32.2. The predicted octanol–water partition coefficient (Wildman–Crippen LogP) is 6.13. The van der Waals surface area contributed by atoms with E-state index in [1.807, 2.05) is 54.8 Å². The van der Waals surface area contributed by atoms with Crippen molar-refractivity contribution in [3.05, 3.63) is 117 Å². The fraction of sp³-hybridized carbons (Fsp3) is 0.100. The van der Waals surface area contributed by atoms with Crippen LogP contribution >= 0.6 is 11.8 Å². The van der Waals surface area contributed by atoms with Crippen molar-refractivity contribution in [1.82, 2.24) is 9.88 Å². The molecule has 1 saturated heterocycles. The maximum absolute atomic E-state index is 13.3. The van der Waals surface area contributed by atoms with Crippen LogP contribution in [0.3, 0.4) is 0 Å². The Balaban J connectivity index is 1.42. The van der Waals surface area contributed by atoms with Gasteiger partial charge in [-0.05, 0) is 86.5 Å². The molecule has 0 aliphatic carbocycles. The quantitative estimate of drug-likeness (QED) is 0.133. The number of hydrogen-bond acceptors (Lipinski definition) is 6. The number of hydrogen-bond donors (Lipinski definition) is 1. The van der Waals surface area contributed by atoms with Gasteiger partial charge >= 0.3 is 6.03 Å². The van der Waals surface area contributed by atoms with Gasteiger partial charge in [0.25, 0.3) is 17.5 Å². The Morgan fingerprint density at radius 2 is 1.50 bits per heavy atom. The zero-order valence-electron chi connectivity index (χ0n) is 21.9. The Hall–Kier alpha value is -4.96. The number of anilines is 1. The second-order valence-electron chi connectivity index (χ2n) is 9.25. The van der Waals surface area contributed by atoms with E-state index >= 15 is 0 Å². The molecule has 0 spiro atoms. The lowest BCUT2D eigenvalue weighted by Crippen LogP contribution is -2.54. The molecule has 1 aromatic heterocycles. The van der Waals surface area contributed by atoms with Crippen LogP contribution in [-0.2, 0) is 9.59 Å². The van der Waals surface area contributed by atoms with E-state index in [1.165, 1.54) is 30.0 Å². The van der Waals surface area contributed by atoms with Crippen LogP contribution in [-0.4, -0.2) is 27.3 Å². The summed E-state index contributed by atoms with van der Waals surface area (Å²) in [5.41, 5.74) is 4.36. The molecule has 1 aliphatic rings. The van der Waals surface area contributed by atoms with Crippen LogP contribution in [0.5, 0.6) is 0 Å². The smallest absolute Gasteiger partial charge is 0.318 e. The van der Waals surface area contributed by atoms with Crippen molar-refractivity contribution in [2.24, 2.45) is 0 Å². The predicted molar refractivity (Wildman–Crippen MR) is 153 cm³/mol. The largest absolute Gasteiger partial charge is 0.335 e. The van der Waals surface area contributed by atoms with Gasteiger partial charge in [0, 0.05) is 39.0 Å².